The van der Waals surface area contributed by atoms with Gasteiger partial charge in [-0.15, -0.1) is 0 Å². The lowest BCUT2D eigenvalue weighted by Crippen LogP contribution is -2.65. The van der Waals surface area contributed by atoms with Crippen LogP contribution in [0.2, 0.25) is 0 Å². The summed E-state index contributed by atoms with van der Waals surface area (Å²) in [6.45, 7) is 21.6. The van der Waals surface area contributed by atoms with Gasteiger partial charge in [0.25, 0.3) is 0 Å². The average molecular weight is 729 g/mol. The van der Waals surface area contributed by atoms with Gasteiger partial charge in [0.05, 0.1) is 11.8 Å². The van der Waals surface area contributed by atoms with Gasteiger partial charge < -0.3 is 9.84 Å². The van der Waals surface area contributed by atoms with Gasteiger partial charge in [0.2, 0.25) is 0 Å². The van der Waals surface area contributed by atoms with Gasteiger partial charge in [0, 0.05) is 42.0 Å². The summed E-state index contributed by atoms with van der Waals surface area (Å²) in [5.74, 6) is 0.734. The Balaban J connectivity index is 1.27. The molecule has 0 spiro atoms. The smallest absolute Gasteiger partial charge is 0.309 e. The number of esters is 1. The molecule has 8 heteroatoms. The van der Waals surface area contributed by atoms with E-state index in [1.165, 1.54) is 5.57 Å². The summed E-state index contributed by atoms with van der Waals surface area (Å²) in [4.78, 5) is 61.0. The van der Waals surface area contributed by atoms with E-state index in [1.807, 2.05) is 6.92 Å². The largest absolute Gasteiger partial charge is 0.481 e. The van der Waals surface area contributed by atoms with Gasteiger partial charge in [0.1, 0.15) is 11.9 Å². The van der Waals surface area contributed by atoms with Crippen LogP contribution in [0.1, 0.15) is 152 Å². The highest BCUT2D eigenvalue weighted by Crippen LogP contribution is 2.77. The van der Waals surface area contributed by atoms with Crippen molar-refractivity contribution in [1.82, 2.24) is 9.97 Å². The monoisotopic (exact) mass is 728 g/mol. The van der Waals surface area contributed by atoms with Gasteiger partial charge in [-0.05, 0) is 128 Å². The second-order valence-corrected chi connectivity index (χ2v) is 20.1. The van der Waals surface area contributed by atoms with Gasteiger partial charge in [-0.2, -0.15) is 0 Å². The number of aromatic nitrogens is 2. The zero-order valence-electron chi connectivity index (χ0n) is 34.0. The minimum Gasteiger partial charge on any atom is -0.481 e. The van der Waals surface area contributed by atoms with Crippen LogP contribution in [0.5, 0.6) is 0 Å². The molecule has 6 rings (SSSR count). The van der Waals surface area contributed by atoms with Crippen molar-refractivity contribution < 1.29 is 29.0 Å². The Morgan fingerprint density at radius 3 is 2.25 bits per heavy atom. The van der Waals surface area contributed by atoms with Crippen LogP contribution in [0.3, 0.4) is 0 Å². The fourth-order valence-corrected chi connectivity index (χ4v) is 13.0. The van der Waals surface area contributed by atoms with Crippen molar-refractivity contribution in [3.05, 3.63) is 47.6 Å². The molecule has 1 N–H and O–H groups in total. The van der Waals surface area contributed by atoms with E-state index in [9.17, 15) is 24.3 Å². The predicted octanol–water partition coefficient (Wildman–Crippen LogP) is 9.49. The maximum Gasteiger partial charge on any atom is 0.309 e. The lowest BCUT2D eigenvalue weighted by Gasteiger charge is -2.72. The normalized spacial score (nSPS) is 37.1. The lowest BCUT2D eigenvalue weighted by atomic mass is 9.33. The molecule has 0 bridgehead atoms. The van der Waals surface area contributed by atoms with Crippen molar-refractivity contribution in [1.29, 1.82) is 0 Å². The Morgan fingerprint density at radius 1 is 0.925 bits per heavy atom. The number of hydrogen-bond donors (Lipinski definition) is 1. The predicted molar refractivity (Wildman–Crippen MR) is 205 cm³/mol. The molecule has 0 saturated heterocycles. The number of carbonyl (C=O) groups excluding carboxylic acids is 3. The van der Waals surface area contributed by atoms with Crippen LogP contribution in [-0.4, -0.2) is 44.7 Å². The first-order chi connectivity index (χ1) is 24.6. The SMILES string of the molecule is CC(C)C1=C2[C@H]3CC[C@@H]4[C@@]5(C)CC[C@H](OC(=O)CC(C)(C)C(=O)O)C(C)(C)[C@@H]5CC[C@@]4(C)[C@]3(C)CC[C@@]2(/C=C/C(=O)C[C@@H](C)c2ncccn2)CC1=O. The summed E-state index contributed by atoms with van der Waals surface area (Å²) in [5, 5.41) is 9.61. The van der Waals surface area contributed by atoms with E-state index in [-0.39, 0.29) is 63.5 Å². The van der Waals surface area contributed by atoms with Crippen molar-refractivity contribution in [2.24, 2.45) is 56.2 Å². The highest BCUT2D eigenvalue weighted by Gasteiger charge is 2.70. The van der Waals surface area contributed by atoms with Crippen molar-refractivity contribution in [3.8, 4) is 0 Å². The molecule has 9 atom stereocenters. The summed E-state index contributed by atoms with van der Waals surface area (Å²) in [6.07, 6.45) is 15.6. The first-order valence-electron chi connectivity index (χ1n) is 20.3. The van der Waals surface area contributed by atoms with Gasteiger partial charge in [-0.3, -0.25) is 19.2 Å². The first kappa shape index (κ1) is 39.5. The summed E-state index contributed by atoms with van der Waals surface area (Å²) in [7, 11) is 0. The quantitative estimate of drug-likeness (QED) is 0.187. The molecule has 5 aliphatic carbocycles. The maximum absolute atomic E-state index is 14.0. The molecule has 1 aromatic rings. The third kappa shape index (κ3) is 6.36. The summed E-state index contributed by atoms with van der Waals surface area (Å²) in [6, 6.07) is 1.78. The molecule has 8 nitrogen and oxygen atoms in total. The second kappa shape index (κ2) is 13.5. The Kier molecular flexibility index (Phi) is 10.1. The number of ketones is 2. The van der Waals surface area contributed by atoms with Gasteiger partial charge in [-0.25, -0.2) is 9.97 Å². The molecule has 4 saturated carbocycles. The molecule has 53 heavy (non-hydrogen) atoms. The van der Waals surface area contributed by atoms with Crippen LogP contribution < -0.4 is 0 Å². The molecule has 0 radical (unpaired) electrons. The molecule has 1 aromatic heterocycles. The third-order valence-corrected chi connectivity index (χ3v) is 16.0. The van der Waals surface area contributed by atoms with Crippen LogP contribution >= 0.6 is 0 Å². The number of hydrogen-bond acceptors (Lipinski definition) is 7. The molecule has 1 heterocycles. The van der Waals surface area contributed by atoms with Crippen LogP contribution in [0.4, 0.5) is 0 Å². The molecule has 0 aromatic carbocycles. The number of ether oxygens (including phenoxy) is 1. The highest BCUT2D eigenvalue weighted by molar-refractivity contribution is 6.01. The van der Waals surface area contributed by atoms with Crippen molar-refractivity contribution in [3.63, 3.8) is 0 Å². The molecule has 0 aliphatic heterocycles. The molecule has 0 unspecified atom stereocenters. The molecule has 0 amide bonds. The van der Waals surface area contributed by atoms with Crippen molar-refractivity contribution in [2.45, 2.75) is 152 Å². The second-order valence-electron chi connectivity index (χ2n) is 20.1. The Bertz CT molecular complexity index is 1710. The topological polar surface area (TPSA) is 124 Å². The van der Waals surface area contributed by atoms with Gasteiger partial charge >= 0.3 is 11.9 Å². The van der Waals surface area contributed by atoms with Crippen LogP contribution in [0.15, 0.2) is 41.8 Å². The maximum atomic E-state index is 14.0. The Hall–Kier alpha value is -3.16. The number of nitrogens with zero attached hydrogens (tertiary/aromatic N) is 2. The standard InChI is InChI=1S/C45H64N2O6/c1-27(2)36-31(49)25-45(19-14-29(48)24-28(3)38-46-22-11-23-47-38)21-20-43(9)30(37(36)45)12-13-33-42(8)17-16-34(53-35(50)26-40(4,5)39(51)52)41(6,7)32(42)15-18-44(33,43)10/h11,14,19,22-23,27-28,30,32-34H,12-13,15-18,20-21,24-26H2,1-10H3,(H,51,52)/b19-14+/t28-,30-,32+,33-,34+,42+,43-,44-,45+/m1/s1. The van der Waals surface area contributed by atoms with E-state index in [2.05, 4.69) is 64.5 Å². The Morgan fingerprint density at radius 2 is 1.60 bits per heavy atom. The number of aliphatic carboxylic acids is 1. The third-order valence-electron chi connectivity index (χ3n) is 16.0. The molecule has 290 valence electrons. The van der Waals surface area contributed by atoms with E-state index in [0.717, 1.165) is 56.9 Å². The minimum atomic E-state index is -1.17. The fraction of sp³-hybridized carbons (Fsp3) is 0.733. The zero-order valence-corrected chi connectivity index (χ0v) is 34.0. The summed E-state index contributed by atoms with van der Waals surface area (Å²) in [5.41, 5.74) is 0.649. The summed E-state index contributed by atoms with van der Waals surface area (Å²) >= 11 is 0. The number of allylic oxidation sites excluding steroid dienone is 4. The first-order valence-corrected chi connectivity index (χ1v) is 20.3. The van der Waals surface area contributed by atoms with Crippen LogP contribution in [-0.2, 0) is 23.9 Å². The van der Waals surface area contributed by atoms with E-state index in [0.29, 0.717) is 30.5 Å². The fourth-order valence-electron chi connectivity index (χ4n) is 13.0. The van der Waals surface area contributed by atoms with Crippen molar-refractivity contribution >= 4 is 23.5 Å². The molecular weight excluding hydrogens is 665 g/mol. The van der Waals surface area contributed by atoms with E-state index < -0.39 is 22.8 Å². The lowest BCUT2D eigenvalue weighted by molar-refractivity contribution is -0.232. The Labute approximate surface area is 317 Å². The summed E-state index contributed by atoms with van der Waals surface area (Å²) < 4.78 is 6.16. The number of fused-ring (bicyclic) bond motifs is 7. The van der Waals surface area contributed by atoms with Gasteiger partial charge in [-0.1, -0.05) is 61.5 Å². The molecule has 5 aliphatic rings. The van der Waals surface area contributed by atoms with Crippen LogP contribution in [0, 0.1) is 56.2 Å². The zero-order chi connectivity index (χ0) is 38.9. The number of Topliss-reactive ketones (excluding diaryl/α,β-unsaturated/α-hetero) is 1. The van der Waals surface area contributed by atoms with Gasteiger partial charge in [0.15, 0.2) is 11.6 Å². The van der Waals surface area contributed by atoms with E-state index in [4.69, 9.17) is 4.74 Å². The minimum absolute atomic E-state index is 0.000370. The number of carbonyl (C=O) groups is 4. The highest BCUT2D eigenvalue weighted by atomic mass is 16.5. The van der Waals surface area contributed by atoms with E-state index >= 15 is 0 Å². The molecule has 4 fully saturated rings. The van der Waals surface area contributed by atoms with Crippen LogP contribution in [0.25, 0.3) is 0 Å². The number of rotatable bonds is 10. The number of carboxylic acids is 1. The van der Waals surface area contributed by atoms with Crippen molar-refractivity contribution in [2.75, 3.05) is 0 Å². The number of carboxylic acid groups (broad SMARTS) is 1. The van der Waals surface area contributed by atoms with E-state index in [1.54, 1.807) is 38.4 Å². The molecular formula is C45H64N2O6. The average Bonchev–Trinajstić information content (AvgIpc) is 3.38.